The van der Waals surface area contributed by atoms with Crippen LogP contribution in [0.3, 0.4) is 0 Å². The van der Waals surface area contributed by atoms with Crippen molar-refractivity contribution in [2.75, 3.05) is 9.62 Å². The molecule has 0 aliphatic heterocycles. The Morgan fingerprint density at radius 1 is 1.03 bits per heavy atom. The van der Waals surface area contributed by atoms with Crippen LogP contribution in [0.4, 0.5) is 25.0 Å². The fraction of sp³-hybridized carbons (Fsp3) is 0.0909. The van der Waals surface area contributed by atoms with E-state index in [2.05, 4.69) is 23.4 Å². The Balaban J connectivity index is 1.68. The number of hydrogen-bond acceptors (Lipinski definition) is 3. The van der Waals surface area contributed by atoms with Crippen molar-refractivity contribution in [3.8, 4) is 0 Å². The second-order valence-electron chi connectivity index (χ2n) is 6.63. The Labute approximate surface area is 188 Å². The number of benzene rings is 3. The van der Waals surface area contributed by atoms with Crippen molar-refractivity contribution in [1.29, 1.82) is 0 Å². The minimum Gasteiger partial charge on any atom is -0.330 e. The molecule has 3 amide bonds. The van der Waals surface area contributed by atoms with Crippen LogP contribution in [0.5, 0.6) is 0 Å². The van der Waals surface area contributed by atoms with Crippen molar-refractivity contribution < 1.29 is 18.4 Å². The minimum atomic E-state index is -0.652. The van der Waals surface area contributed by atoms with Gasteiger partial charge in [0.2, 0.25) is 0 Å². The van der Waals surface area contributed by atoms with Gasteiger partial charge in [0, 0.05) is 0 Å². The van der Waals surface area contributed by atoms with Gasteiger partial charge in [-0.25, -0.2) is 17.9 Å². The number of urea groups is 1. The summed E-state index contributed by atoms with van der Waals surface area (Å²) in [6.45, 7) is 1.75. The van der Waals surface area contributed by atoms with Gasteiger partial charge >= 0.3 is 6.03 Å². The van der Waals surface area contributed by atoms with Crippen LogP contribution in [0.25, 0.3) is 0 Å². The first-order valence-corrected chi connectivity index (χ1v) is 9.94. The molecule has 160 valence electrons. The number of nitrogens with zero attached hydrogens (tertiary/aromatic N) is 1. The van der Waals surface area contributed by atoms with Crippen LogP contribution in [0.2, 0.25) is 5.02 Å². The summed E-state index contributed by atoms with van der Waals surface area (Å²) in [6.07, 6.45) is 0. The Morgan fingerprint density at radius 3 is 2.35 bits per heavy atom. The van der Waals surface area contributed by atoms with Gasteiger partial charge in [-0.15, -0.1) is 0 Å². The lowest BCUT2D eigenvalue weighted by atomic mass is 10.1. The quantitative estimate of drug-likeness (QED) is 0.408. The van der Waals surface area contributed by atoms with Crippen molar-refractivity contribution in [1.82, 2.24) is 5.32 Å². The molecule has 0 fully saturated rings. The number of hydrogen-bond donors (Lipinski definition) is 3. The molecule has 1 unspecified atom stereocenters. The van der Waals surface area contributed by atoms with Crippen molar-refractivity contribution in [2.24, 2.45) is 0 Å². The number of carbonyl (C=O) groups is 2. The summed E-state index contributed by atoms with van der Waals surface area (Å²) in [6, 6.07) is 14.9. The second-order valence-corrected chi connectivity index (χ2v) is 7.44. The van der Waals surface area contributed by atoms with E-state index in [-0.39, 0.29) is 22.1 Å². The van der Waals surface area contributed by atoms with Crippen LogP contribution in [-0.4, -0.2) is 11.9 Å². The van der Waals surface area contributed by atoms with Crippen molar-refractivity contribution >= 4 is 47.7 Å². The molecule has 1 atom stereocenters. The zero-order chi connectivity index (χ0) is 22.5. The molecule has 0 saturated heterocycles. The van der Waals surface area contributed by atoms with E-state index >= 15 is 0 Å². The number of amides is 3. The molecule has 31 heavy (non-hydrogen) atoms. The van der Waals surface area contributed by atoms with Crippen molar-refractivity contribution in [2.45, 2.75) is 13.0 Å². The molecule has 0 saturated carbocycles. The number of halogens is 3. The molecule has 0 aliphatic carbocycles. The molecule has 5 nitrogen and oxygen atoms in total. The van der Waals surface area contributed by atoms with E-state index in [0.717, 1.165) is 9.87 Å². The van der Waals surface area contributed by atoms with Gasteiger partial charge in [-0.1, -0.05) is 48.7 Å². The van der Waals surface area contributed by atoms with E-state index < -0.39 is 23.8 Å². The molecule has 3 aromatic carbocycles. The highest BCUT2D eigenvalue weighted by Crippen LogP contribution is 2.29. The molecule has 9 heteroatoms. The summed E-state index contributed by atoms with van der Waals surface area (Å²) in [7, 11) is 0. The number of thiol groups is 1. The molecule has 0 radical (unpaired) electrons. The normalized spacial score (nSPS) is 11.5. The maximum Gasteiger partial charge on any atom is 0.332 e. The summed E-state index contributed by atoms with van der Waals surface area (Å²) in [4.78, 5) is 24.8. The highest BCUT2D eigenvalue weighted by atomic mass is 35.5. The van der Waals surface area contributed by atoms with Gasteiger partial charge in [-0.05, 0) is 55.0 Å². The summed E-state index contributed by atoms with van der Waals surface area (Å²) in [5, 5.41) is 5.42. The van der Waals surface area contributed by atoms with E-state index in [1.165, 1.54) is 48.5 Å². The predicted octanol–water partition coefficient (Wildman–Crippen LogP) is 5.99. The molecule has 0 spiro atoms. The lowest BCUT2D eigenvalue weighted by Crippen LogP contribution is -2.35. The van der Waals surface area contributed by atoms with Crippen molar-refractivity contribution in [3.05, 3.63) is 94.5 Å². The maximum absolute atomic E-state index is 13.8. The molecule has 0 bridgehead atoms. The Bertz CT molecular complexity index is 1110. The van der Waals surface area contributed by atoms with Gasteiger partial charge in [-0.2, -0.15) is 0 Å². The topological polar surface area (TPSA) is 61.4 Å². The zero-order valence-electron chi connectivity index (χ0n) is 16.3. The van der Waals surface area contributed by atoms with E-state index in [1.54, 1.807) is 25.1 Å². The molecule has 0 heterocycles. The van der Waals surface area contributed by atoms with Crippen LogP contribution >= 0.6 is 24.4 Å². The SMILES string of the molecule is CC(NC(=O)N(S)c1ccc(NC(=O)c2ccccc2F)c(Cl)c1)c1ccc(F)cc1. The lowest BCUT2D eigenvalue weighted by Gasteiger charge is -2.21. The third kappa shape index (κ3) is 5.53. The summed E-state index contributed by atoms with van der Waals surface area (Å²) in [5.74, 6) is -1.67. The average molecular weight is 462 g/mol. The number of nitrogens with one attached hydrogen (secondary N) is 2. The molecule has 2 N–H and O–H groups in total. The molecule has 0 aromatic heterocycles. The predicted molar refractivity (Wildman–Crippen MR) is 121 cm³/mol. The largest absolute Gasteiger partial charge is 0.332 e. The first-order chi connectivity index (χ1) is 14.8. The monoisotopic (exact) mass is 461 g/mol. The summed E-state index contributed by atoms with van der Waals surface area (Å²) >= 11 is 10.4. The fourth-order valence-electron chi connectivity index (χ4n) is 2.77. The van der Waals surface area contributed by atoms with E-state index in [1.807, 2.05) is 0 Å². The fourth-order valence-corrected chi connectivity index (χ4v) is 3.17. The van der Waals surface area contributed by atoms with Gasteiger partial charge in [0.25, 0.3) is 5.91 Å². The molecule has 3 rings (SSSR count). The van der Waals surface area contributed by atoms with Gasteiger partial charge in [-0.3, -0.25) is 4.79 Å². The van der Waals surface area contributed by atoms with Crippen LogP contribution in [0, 0.1) is 11.6 Å². The highest BCUT2D eigenvalue weighted by molar-refractivity contribution is 7.82. The van der Waals surface area contributed by atoms with Crippen LogP contribution in [-0.2, 0) is 0 Å². The maximum atomic E-state index is 13.8. The van der Waals surface area contributed by atoms with Crippen molar-refractivity contribution in [3.63, 3.8) is 0 Å². The average Bonchev–Trinajstić information content (AvgIpc) is 2.75. The first-order valence-electron chi connectivity index (χ1n) is 9.16. The number of anilines is 2. The second kappa shape index (κ2) is 9.80. The summed E-state index contributed by atoms with van der Waals surface area (Å²) < 4.78 is 27.9. The molecular weight excluding hydrogens is 444 g/mol. The van der Waals surface area contributed by atoms with Gasteiger partial charge in [0.05, 0.1) is 28.0 Å². The van der Waals surface area contributed by atoms with E-state index in [0.29, 0.717) is 5.69 Å². The van der Waals surface area contributed by atoms with Gasteiger partial charge in [0.15, 0.2) is 0 Å². The number of rotatable bonds is 5. The first kappa shape index (κ1) is 22.6. The lowest BCUT2D eigenvalue weighted by molar-refractivity contribution is 0.102. The Kier molecular flexibility index (Phi) is 7.14. The van der Waals surface area contributed by atoms with E-state index in [4.69, 9.17) is 11.6 Å². The highest BCUT2D eigenvalue weighted by Gasteiger charge is 2.18. The Hall–Kier alpha value is -3.10. The van der Waals surface area contributed by atoms with E-state index in [9.17, 15) is 18.4 Å². The Morgan fingerprint density at radius 2 is 1.71 bits per heavy atom. The summed E-state index contributed by atoms with van der Waals surface area (Å²) in [5.41, 5.74) is 1.20. The van der Waals surface area contributed by atoms with Crippen LogP contribution in [0.15, 0.2) is 66.7 Å². The molecule has 3 aromatic rings. The minimum absolute atomic E-state index is 0.118. The standard InChI is InChI=1S/C22H18ClF2N3O2S/c1-13(14-6-8-15(24)9-7-14)26-22(30)28(31)16-10-11-20(18(23)12-16)27-21(29)17-4-2-3-5-19(17)25/h2-13,31H,1H3,(H,26,30)(H,27,29). The smallest absolute Gasteiger partial charge is 0.330 e. The molecular formula is C22H18ClF2N3O2S. The van der Waals surface area contributed by atoms with Gasteiger partial charge < -0.3 is 10.6 Å². The third-order valence-corrected chi connectivity index (χ3v) is 5.19. The van der Waals surface area contributed by atoms with Crippen LogP contribution in [0.1, 0.15) is 28.9 Å². The molecule has 0 aliphatic rings. The number of carbonyl (C=O) groups excluding carboxylic acids is 2. The zero-order valence-corrected chi connectivity index (χ0v) is 17.9. The van der Waals surface area contributed by atoms with Crippen LogP contribution < -0.4 is 14.9 Å². The third-order valence-electron chi connectivity index (χ3n) is 4.47. The van der Waals surface area contributed by atoms with Gasteiger partial charge in [0.1, 0.15) is 11.6 Å².